The summed E-state index contributed by atoms with van der Waals surface area (Å²) in [5.74, 6) is -0.626. The van der Waals surface area contributed by atoms with Gasteiger partial charge < -0.3 is 15.3 Å². The van der Waals surface area contributed by atoms with Gasteiger partial charge in [0.15, 0.2) is 0 Å². The predicted molar refractivity (Wildman–Crippen MR) is 52.2 cm³/mol. The first-order valence-electron chi connectivity index (χ1n) is 3.98. The van der Waals surface area contributed by atoms with Crippen molar-refractivity contribution in [2.45, 2.75) is 12.2 Å². The van der Waals surface area contributed by atoms with Crippen LogP contribution >= 0.6 is 15.9 Å². The average molecular weight is 265 g/mol. The Bertz CT molecular complexity index is 299. The van der Waals surface area contributed by atoms with Crippen LogP contribution in [0.4, 0.5) is 4.39 Å². The Balaban J connectivity index is 3.05. The maximum absolute atomic E-state index is 13.2. The van der Waals surface area contributed by atoms with Gasteiger partial charge in [0, 0.05) is 10.0 Å². The Hall–Kier alpha value is -0.490. The molecule has 0 aliphatic carbocycles. The van der Waals surface area contributed by atoms with E-state index in [1.165, 1.54) is 12.1 Å². The van der Waals surface area contributed by atoms with E-state index in [4.69, 9.17) is 10.2 Å². The van der Waals surface area contributed by atoms with E-state index in [1.807, 2.05) is 0 Å². The summed E-state index contributed by atoms with van der Waals surface area (Å²) in [4.78, 5) is 0. The van der Waals surface area contributed by atoms with Gasteiger partial charge in [0.05, 0.1) is 6.61 Å². The van der Waals surface area contributed by atoms with Gasteiger partial charge in [-0.3, -0.25) is 0 Å². The third kappa shape index (κ3) is 2.30. The lowest BCUT2D eigenvalue weighted by molar-refractivity contribution is -0.0171. The number of hydrogen-bond acceptors (Lipinski definition) is 3. The largest absolute Gasteiger partial charge is 0.394 e. The van der Waals surface area contributed by atoms with E-state index in [9.17, 15) is 9.50 Å². The Morgan fingerprint density at radius 2 is 2.00 bits per heavy atom. The van der Waals surface area contributed by atoms with Gasteiger partial charge in [0.1, 0.15) is 18.0 Å². The smallest absolute Gasteiger partial charge is 0.130 e. The summed E-state index contributed by atoms with van der Waals surface area (Å²) in [5, 5.41) is 27.2. The second-order valence-corrected chi connectivity index (χ2v) is 3.68. The van der Waals surface area contributed by atoms with Gasteiger partial charge >= 0.3 is 0 Å². The van der Waals surface area contributed by atoms with Crippen molar-refractivity contribution < 1.29 is 19.7 Å². The number of halogens is 2. The molecule has 5 heteroatoms. The van der Waals surface area contributed by atoms with Crippen molar-refractivity contribution in [1.29, 1.82) is 0 Å². The van der Waals surface area contributed by atoms with Crippen LogP contribution in [-0.2, 0) is 0 Å². The van der Waals surface area contributed by atoms with Gasteiger partial charge in [-0.25, -0.2) is 4.39 Å². The van der Waals surface area contributed by atoms with Gasteiger partial charge in [-0.05, 0) is 12.1 Å². The fourth-order valence-corrected chi connectivity index (χ4v) is 1.66. The molecule has 2 atom stereocenters. The van der Waals surface area contributed by atoms with Crippen LogP contribution in [0.3, 0.4) is 0 Å². The second kappa shape index (κ2) is 4.84. The number of rotatable bonds is 3. The van der Waals surface area contributed by atoms with E-state index in [1.54, 1.807) is 6.07 Å². The summed E-state index contributed by atoms with van der Waals surface area (Å²) in [6.07, 6.45) is -2.82. The topological polar surface area (TPSA) is 60.7 Å². The molecular formula is C9H10BrFO3. The van der Waals surface area contributed by atoms with Gasteiger partial charge in [-0.15, -0.1) is 0 Å². The highest BCUT2D eigenvalue weighted by molar-refractivity contribution is 9.10. The molecule has 0 saturated carbocycles. The molecule has 1 aromatic rings. The first kappa shape index (κ1) is 11.6. The molecule has 0 saturated heterocycles. The number of aliphatic hydroxyl groups excluding tert-OH is 3. The zero-order valence-corrected chi connectivity index (χ0v) is 8.78. The number of aliphatic hydroxyl groups is 3. The van der Waals surface area contributed by atoms with E-state index in [-0.39, 0.29) is 5.56 Å². The zero-order chi connectivity index (χ0) is 10.7. The zero-order valence-electron chi connectivity index (χ0n) is 7.19. The van der Waals surface area contributed by atoms with Crippen molar-refractivity contribution in [3.8, 4) is 0 Å². The lowest BCUT2D eigenvalue weighted by atomic mass is 10.0. The molecule has 0 aliphatic rings. The summed E-state index contributed by atoms with van der Waals surface area (Å²) >= 11 is 3.05. The molecule has 2 unspecified atom stereocenters. The van der Waals surface area contributed by atoms with Crippen LogP contribution < -0.4 is 0 Å². The highest BCUT2D eigenvalue weighted by Crippen LogP contribution is 2.28. The van der Waals surface area contributed by atoms with Crippen molar-refractivity contribution in [2.75, 3.05) is 6.61 Å². The Kier molecular flexibility index (Phi) is 4.00. The molecule has 0 aromatic heterocycles. The molecule has 0 fully saturated rings. The standard InChI is InChI=1S/C9H10BrFO3/c10-5-2-1-3-6(11)8(5)9(14)7(13)4-12/h1-3,7,9,12-14H,4H2. The second-order valence-electron chi connectivity index (χ2n) is 2.83. The molecular weight excluding hydrogens is 255 g/mol. The molecule has 3 nitrogen and oxygen atoms in total. The normalized spacial score (nSPS) is 15.2. The minimum atomic E-state index is -1.43. The van der Waals surface area contributed by atoms with Crippen LogP contribution in [-0.4, -0.2) is 28.0 Å². The van der Waals surface area contributed by atoms with Crippen LogP contribution in [0.2, 0.25) is 0 Å². The van der Waals surface area contributed by atoms with Gasteiger partial charge in [-0.1, -0.05) is 22.0 Å². The van der Waals surface area contributed by atoms with Crippen LogP contribution in [0, 0.1) is 5.82 Å². The highest BCUT2D eigenvalue weighted by Gasteiger charge is 2.22. The van der Waals surface area contributed by atoms with Crippen LogP contribution in [0.1, 0.15) is 11.7 Å². The Morgan fingerprint density at radius 3 is 2.50 bits per heavy atom. The first-order chi connectivity index (χ1) is 6.57. The van der Waals surface area contributed by atoms with E-state index in [2.05, 4.69) is 15.9 Å². The SMILES string of the molecule is OCC(O)C(O)c1c(F)cccc1Br. The number of benzene rings is 1. The molecule has 1 aromatic carbocycles. The quantitative estimate of drug-likeness (QED) is 0.763. The Labute approximate surface area is 88.9 Å². The lowest BCUT2D eigenvalue weighted by Gasteiger charge is -2.17. The van der Waals surface area contributed by atoms with E-state index in [0.29, 0.717) is 4.47 Å². The molecule has 0 amide bonds. The number of hydrogen-bond donors (Lipinski definition) is 3. The predicted octanol–water partition coefficient (Wildman–Crippen LogP) is 0.975. The van der Waals surface area contributed by atoms with Crippen LogP contribution in [0.25, 0.3) is 0 Å². The van der Waals surface area contributed by atoms with Crippen molar-refractivity contribution in [1.82, 2.24) is 0 Å². The van der Waals surface area contributed by atoms with E-state index in [0.717, 1.165) is 0 Å². The van der Waals surface area contributed by atoms with Crippen LogP contribution in [0.5, 0.6) is 0 Å². The fraction of sp³-hybridized carbons (Fsp3) is 0.333. The van der Waals surface area contributed by atoms with Crippen molar-refractivity contribution in [3.63, 3.8) is 0 Å². The summed E-state index contributed by atoms with van der Waals surface area (Å²) in [7, 11) is 0. The summed E-state index contributed by atoms with van der Waals surface area (Å²) in [6.45, 7) is -0.623. The molecule has 0 aliphatic heterocycles. The molecule has 14 heavy (non-hydrogen) atoms. The minimum absolute atomic E-state index is 0.0472. The van der Waals surface area contributed by atoms with E-state index < -0.39 is 24.6 Å². The summed E-state index contributed by atoms with van der Waals surface area (Å²) in [5.41, 5.74) is -0.0472. The fourth-order valence-electron chi connectivity index (χ4n) is 1.09. The lowest BCUT2D eigenvalue weighted by Crippen LogP contribution is -2.23. The van der Waals surface area contributed by atoms with Crippen molar-refractivity contribution in [3.05, 3.63) is 34.1 Å². The molecule has 0 heterocycles. The molecule has 1 rings (SSSR count). The summed E-state index contributed by atoms with van der Waals surface area (Å²) < 4.78 is 13.6. The monoisotopic (exact) mass is 264 g/mol. The molecule has 78 valence electrons. The molecule has 0 bridgehead atoms. The third-order valence-corrected chi connectivity index (χ3v) is 2.54. The molecule has 0 spiro atoms. The maximum atomic E-state index is 13.2. The van der Waals surface area contributed by atoms with Gasteiger partial charge in [0.25, 0.3) is 0 Å². The van der Waals surface area contributed by atoms with E-state index >= 15 is 0 Å². The summed E-state index contributed by atoms with van der Waals surface area (Å²) in [6, 6.07) is 4.19. The van der Waals surface area contributed by atoms with Gasteiger partial charge in [-0.2, -0.15) is 0 Å². The average Bonchev–Trinajstić information content (AvgIpc) is 2.16. The molecule has 3 N–H and O–H groups in total. The van der Waals surface area contributed by atoms with Crippen molar-refractivity contribution >= 4 is 15.9 Å². The first-order valence-corrected chi connectivity index (χ1v) is 4.78. The maximum Gasteiger partial charge on any atom is 0.130 e. The van der Waals surface area contributed by atoms with Crippen molar-refractivity contribution in [2.24, 2.45) is 0 Å². The van der Waals surface area contributed by atoms with Gasteiger partial charge in [0.2, 0.25) is 0 Å². The minimum Gasteiger partial charge on any atom is -0.394 e. The molecule has 0 radical (unpaired) electrons. The van der Waals surface area contributed by atoms with Crippen LogP contribution in [0.15, 0.2) is 22.7 Å². The third-order valence-electron chi connectivity index (χ3n) is 1.85. The highest BCUT2D eigenvalue weighted by atomic mass is 79.9. The Morgan fingerprint density at radius 1 is 1.36 bits per heavy atom.